The van der Waals surface area contributed by atoms with Gasteiger partial charge in [0.05, 0.1) is 0 Å². The van der Waals surface area contributed by atoms with Crippen molar-refractivity contribution in [3.63, 3.8) is 0 Å². The second-order valence-corrected chi connectivity index (χ2v) is 2.27. The van der Waals surface area contributed by atoms with E-state index in [-0.39, 0.29) is 0 Å². The van der Waals surface area contributed by atoms with Crippen molar-refractivity contribution >= 4 is 11.8 Å². The molecule has 0 aliphatic carbocycles. The molecule has 11 heavy (non-hydrogen) atoms. The van der Waals surface area contributed by atoms with Crippen molar-refractivity contribution in [2.75, 3.05) is 0 Å². The van der Waals surface area contributed by atoms with Crippen LogP contribution >= 0.6 is 0 Å². The van der Waals surface area contributed by atoms with Crippen molar-refractivity contribution in [3.8, 4) is 0 Å². The summed E-state index contributed by atoms with van der Waals surface area (Å²) in [4.78, 5) is 4.03. The minimum Gasteiger partial charge on any atom is -0.219 e. The van der Waals surface area contributed by atoms with Gasteiger partial charge < -0.3 is 0 Å². The molecule has 0 aliphatic heterocycles. The highest BCUT2D eigenvalue weighted by Crippen LogP contribution is 2.03. The first-order valence-corrected chi connectivity index (χ1v) is 3.44. The van der Waals surface area contributed by atoms with Gasteiger partial charge in [-0.2, -0.15) is 5.10 Å². The Kier molecular flexibility index (Phi) is 2.21. The maximum absolute atomic E-state index is 4.03. The van der Waals surface area contributed by atoms with Gasteiger partial charge in [-0.3, -0.25) is 0 Å². The molecule has 0 spiro atoms. The third-order valence-corrected chi connectivity index (χ3v) is 1.25. The maximum Gasteiger partial charge on any atom is 0.155 e. The number of rotatable bonds is 2. The van der Waals surface area contributed by atoms with Crippen molar-refractivity contribution in [2.45, 2.75) is 13.8 Å². The van der Waals surface area contributed by atoms with Crippen LogP contribution in [0.2, 0.25) is 0 Å². The topological polar surface area (TPSA) is 30.7 Å². The molecule has 0 aromatic carbocycles. The van der Waals surface area contributed by atoms with Gasteiger partial charge >= 0.3 is 0 Å². The summed E-state index contributed by atoms with van der Waals surface area (Å²) in [6, 6.07) is 0. The second-order valence-electron chi connectivity index (χ2n) is 2.27. The van der Waals surface area contributed by atoms with Crippen LogP contribution in [0.25, 0.3) is 11.8 Å². The smallest absolute Gasteiger partial charge is 0.155 e. The number of nitrogens with zero attached hydrogens (tertiary/aromatic N) is 3. The molecule has 0 bridgehead atoms. The van der Waals surface area contributed by atoms with Crippen LogP contribution in [-0.4, -0.2) is 14.8 Å². The fourth-order valence-corrected chi connectivity index (χ4v) is 0.807. The molecule has 0 atom stereocenters. The van der Waals surface area contributed by atoms with Crippen LogP contribution in [0, 0.1) is 0 Å². The summed E-state index contributed by atoms with van der Waals surface area (Å²) in [7, 11) is 0. The van der Waals surface area contributed by atoms with Crippen LogP contribution in [0.15, 0.2) is 19.0 Å². The van der Waals surface area contributed by atoms with Crippen LogP contribution in [-0.2, 0) is 0 Å². The number of hydrogen-bond acceptors (Lipinski definition) is 2. The summed E-state index contributed by atoms with van der Waals surface area (Å²) in [6.07, 6.45) is 5.33. The van der Waals surface area contributed by atoms with Crippen LogP contribution in [0.5, 0.6) is 0 Å². The van der Waals surface area contributed by atoms with Gasteiger partial charge in [0.2, 0.25) is 0 Å². The molecule has 0 radical (unpaired) electrons. The SMILES string of the molecule is C=C(C)n1ncnc1/C=C\C. The molecular weight excluding hydrogens is 138 g/mol. The summed E-state index contributed by atoms with van der Waals surface area (Å²) < 4.78 is 1.69. The largest absolute Gasteiger partial charge is 0.219 e. The summed E-state index contributed by atoms with van der Waals surface area (Å²) in [5.41, 5.74) is 0.871. The number of allylic oxidation sites excluding steroid dienone is 2. The Bertz CT molecular complexity index is 283. The first-order valence-electron chi connectivity index (χ1n) is 3.44. The maximum atomic E-state index is 4.03. The Balaban J connectivity index is 3.05. The number of hydrogen-bond donors (Lipinski definition) is 0. The van der Waals surface area contributed by atoms with Gasteiger partial charge in [-0.15, -0.1) is 0 Å². The Morgan fingerprint density at radius 2 is 2.45 bits per heavy atom. The van der Waals surface area contributed by atoms with E-state index in [1.165, 1.54) is 6.33 Å². The highest BCUT2D eigenvalue weighted by atomic mass is 15.3. The lowest BCUT2D eigenvalue weighted by molar-refractivity contribution is 0.886. The van der Waals surface area contributed by atoms with Crippen molar-refractivity contribution < 1.29 is 0 Å². The van der Waals surface area contributed by atoms with Gasteiger partial charge in [-0.1, -0.05) is 12.7 Å². The fraction of sp³-hybridized carbons (Fsp3) is 0.250. The third-order valence-electron chi connectivity index (χ3n) is 1.25. The quantitative estimate of drug-likeness (QED) is 0.642. The van der Waals surface area contributed by atoms with Gasteiger partial charge in [0.25, 0.3) is 0 Å². The molecule has 1 aromatic rings. The van der Waals surface area contributed by atoms with Crippen LogP contribution < -0.4 is 0 Å². The van der Waals surface area contributed by atoms with E-state index in [1.807, 2.05) is 26.0 Å². The fourth-order valence-electron chi connectivity index (χ4n) is 0.807. The van der Waals surface area contributed by atoms with Gasteiger partial charge in [0, 0.05) is 5.70 Å². The monoisotopic (exact) mass is 149 g/mol. The predicted molar refractivity (Wildman–Crippen MR) is 45.7 cm³/mol. The molecule has 1 rings (SSSR count). The lowest BCUT2D eigenvalue weighted by atomic mass is 10.4. The summed E-state index contributed by atoms with van der Waals surface area (Å²) >= 11 is 0. The van der Waals surface area contributed by atoms with Crippen LogP contribution in [0.4, 0.5) is 0 Å². The summed E-state index contributed by atoms with van der Waals surface area (Å²) in [6.45, 7) is 7.60. The van der Waals surface area contributed by atoms with E-state index in [2.05, 4.69) is 16.7 Å². The van der Waals surface area contributed by atoms with E-state index >= 15 is 0 Å². The molecule has 0 saturated heterocycles. The second kappa shape index (κ2) is 3.14. The summed E-state index contributed by atoms with van der Waals surface area (Å²) in [5.74, 6) is 0.819. The van der Waals surface area contributed by atoms with Gasteiger partial charge in [0.1, 0.15) is 6.33 Å². The van der Waals surface area contributed by atoms with Crippen molar-refractivity contribution in [2.24, 2.45) is 0 Å². The zero-order valence-corrected chi connectivity index (χ0v) is 6.78. The van der Waals surface area contributed by atoms with E-state index in [0.717, 1.165) is 11.5 Å². The molecule has 1 aromatic heterocycles. The van der Waals surface area contributed by atoms with Crippen LogP contribution in [0.3, 0.4) is 0 Å². The van der Waals surface area contributed by atoms with Crippen molar-refractivity contribution in [1.29, 1.82) is 0 Å². The van der Waals surface area contributed by atoms with E-state index in [4.69, 9.17) is 0 Å². The Hall–Kier alpha value is -1.38. The Morgan fingerprint density at radius 3 is 3.00 bits per heavy atom. The lowest BCUT2D eigenvalue weighted by Crippen LogP contribution is -1.97. The Labute approximate surface area is 66.1 Å². The molecule has 0 aliphatic rings. The van der Waals surface area contributed by atoms with Gasteiger partial charge in [-0.05, 0) is 19.9 Å². The van der Waals surface area contributed by atoms with E-state index in [1.54, 1.807) is 4.68 Å². The van der Waals surface area contributed by atoms with Crippen LogP contribution in [0.1, 0.15) is 19.7 Å². The first-order chi connectivity index (χ1) is 5.25. The molecule has 58 valence electrons. The van der Waals surface area contributed by atoms with Crippen molar-refractivity contribution in [3.05, 3.63) is 24.8 Å². The minimum atomic E-state index is 0.819. The summed E-state index contributed by atoms with van der Waals surface area (Å²) in [5, 5.41) is 3.99. The predicted octanol–water partition coefficient (Wildman–Crippen LogP) is 1.80. The van der Waals surface area contributed by atoms with E-state index in [9.17, 15) is 0 Å². The molecular formula is C8H11N3. The van der Waals surface area contributed by atoms with Gasteiger partial charge in [0.15, 0.2) is 5.82 Å². The lowest BCUT2D eigenvalue weighted by Gasteiger charge is -1.98. The van der Waals surface area contributed by atoms with E-state index < -0.39 is 0 Å². The highest BCUT2D eigenvalue weighted by Gasteiger charge is 1.98. The molecule has 0 fully saturated rings. The zero-order chi connectivity index (χ0) is 8.27. The van der Waals surface area contributed by atoms with E-state index in [0.29, 0.717) is 0 Å². The molecule has 3 heteroatoms. The average molecular weight is 149 g/mol. The zero-order valence-electron chi connectivity index (χ0n) is 6.78. The first kappa shape index (κ1) is 7.72. The molecule has 3 nitrogen and oxygen atoms in total. The Morgan fingerprint density at radius 1 is 1.73 bits per heavy atom. The molecule has 0 amide bonds. The third kappa shape index (κ3) is 1.55. The molecule has 0 saturated carbocycles. The molecule has 0 N–H and O–H groups in total. The van der Waals surface area contributed by atoms with Crippen molar-refractivity contribution in [1.82, 2.24) is 14.8 Å². The highest BCUT2D eigenvalue weighted by molar-refractivity contribution is 5.47. The minimum absolute atomic E-state index is 0.819. The van der Waals surface area contributed by atoms with Gasteiger partial charge in [-0.25, -0.2) is 9.67 Å². The number of aromatic nitrogens is 3. The molecule has 1 heterocycles. The average Bonchev–Trinajstić information content (AvgIpc) is 2.36. The molecule has 0 unspecified atom stereocenters. The standard InChI is InChI=1S/C8H11N3/c1-4-5-8-9-6-10-11(8)7(2)3/h4-6H,2H2,1,3H3/b5-4-. The normalized spacial score (nSPS) is 10.7.